The topological polar surface area (TPSA) is 68.3 Å². The van der Waals surface area contributed by atoms with E-state index in [0.29, 0.717) is 12.7 Å². The molecule has 0 spiro atoms. The van der Waals surface area contributed by atoms with Crippen molar-refractivity contribution in [2.24, 2.45) is 11.1 Å². The molecule has 1 unspecified atom stereocenters. The lowest BCUT2D eigenvalue weighted by atomic mass is 9.87. The Bertz CT molecular complexity index is 236. The lowest BCUT2D eigenvalue weighted by molar-refractivity contribution is -0.0415. The lowest BCUT2D eigenvalue weighted by Crippen LogP contribution is -2.31. The summed E-state index contributed by atoms with van der Waals surface area (Å²) in [5.74, 6) is 0.258. The summed E-state index contributed by atoms with van der Waals surface area (Å²) < 4.78 is 11.2. The van der Waals surface area contributed by atoms with Gasteiger partial charge in [0.25, 0.3) is 0 Å². The summed E-state index contributed by atoms with van der Waals surface area (Å²) in [5, 5.41) is 7.45. The van der Waals surface area contributed by atoms with Crippen LogP contribution in [0.2, 0.25) is 0 Å². The van der Waals surface area contributed by atoms with Gasteiger partial charge in [0.05, 0.1) is 18.5 Å². The summed E-state index contributed by atoms with van der Waals surface area (Å²) in [6.45, 7) is 6.32. The van der Waals surface area contributed by atoms with E-state index in [-0.39, 0.29) is 11.3 Å². The SMILES string of the molecule is CC(C)(CCCOCC1CCCCO1)C(=N)N. The molecule has 3 N–H and O–H groups in total. The second-order valence-corrected chi connectivity index (χ2v) is 5.46. The first-order valence-corrected chi connectivity index (χ1v) is 6.56. The molecule has 0 bridgehead atoms. The zero-order valence-corrected chi connectivity index (χ0v) is 11.1. The molecule has 0 amide bonds. The Morgan fingerprint density at radius 1 is 1.47 bits per heavy atom. The monoisotopic (exact) mass is 242 g/mol. The summed E-state index contributed by atoms with van der Waals surface area (Å²) in [6.07, 6.45) is 5.70. The maximum absolute atomic E-state index is 7.45. The van der Waals surface area contributed by atoms with E-state index >= 15 is 0 Å². The molecular formula is C13H26N2O2. The van der Waals surface area contributed by atoms with E-state index in [1.165, 1.54) is 12.8 Å². The van der Waals surface area contributed by atoms with Crippen molar-refractivity contribution in [1.29, 1.82) is 5.41 Å². The van der Waals surface area contributed by atoms with Crippen molar-refractivity contribution < 1.29 is 9.47 Å². The third-order valence-electron chi connectivity index (χ3n) is 3.40. The Balaban J connectivity index is 2.02. The van der Waals surface area contributed by atoms with Gasteiger partial charge in [0.2, 0.25) is 0 Å². The van der Waals surface area contributed by atoms with Gasteiger partial charge in [0.1, 0.15) is 0 Å². The Kier molecular flexibility index (Phi) is 5.92. The number of ether oxygens (including phenoxy) is 2. The predicted molar refractivity (Wildman–Crippen MR) is 69.3 cm³/mol. The minimum absolute atomic E-state index is 0.204. The van der Waals surface area contributed by atoms with Crippen LogP contribution in [0.15, 0.2) is 0 Å². The van der Waals surface area contributed by atoms with E-state index in [1.807, 2.05) is 13.8 Å². The van der Waals surface area contributed by atoms with Crippen LogP contribution in [0.3, 0.4) is 0 Å². The number of amidine groups is 1. The summed E-state index contributed by atoms with van der Waals surface area (Å²) in [6, 6.07) is 0. The molecule has 4 heteroatoms. The maximum Gasteiger partial charge on any atom is 0.0963 e. The molecule has 0 aromatic carbocycles. The van der Waals surface area contributed by atoms with Crippen molar-refractivity contribution in [3.05, 3.63) is 0 Å². The zero-order valence-electron chi connectivity index (χ0n) is 11.1. The van der Waals surface area contributed by atoms with Gasteiger partial charge < -0.3 is 15.2 Å². The van der Waals surface area contributed by atoms with Gasteiger partial charge in [-0.15, -0.1) is 0 Å². The smallest absolute Gasteiger partial charge is 0.0963 e. The zero-order chi connectivity index (χ0) is 12.7. The highest BCUT2D eigenvalue weighted by atomic mass is 16.5. The molecule has 0 aromatic heterocycles. The molecule has 1 saturated heterocycles. The van der Waals surface area contributed by atoms with Gasteiger partial charge in [-0.1, -0.05) is 13.8 Å². The van der Waals surface area contributed by atoms with Gasteiger partial charge in [0.15, 0.2) is 0 Å². The Morgan fingerprint density at radius 3 is 2.82 bits per heavy atom. The van der Waals surface area contributed by atoms with Crippen LogP contribution in [0.5, 0.6) is 0 Å². The summed E-state index contributed by atoms with van der Waals surface area (Å²) in [7, 11) is 0. The van der Waals surface area contributed by atoms with Crippen LogP contribution in [0.25, 0.3) is 0 Å². The van der Waals surface area contributed by atoms with Crippen molar-refractivity contribution in [2.45, 2.75) is 52.1 Å². The highest BCUT2D eigenvalue weighted by Gasteiger charge is 2.21. The Morgan fingerprint density at radius 2 is 2.24 bits per heavy atom. The van der Waals surface area contributed by atoms with E-state index in [4.69, 9.17) is 20.6 Å². The van der Waals surface area contributed by atoms with E-state index in [9.17, 15) is 0 Å². The third kappa shape index (κ3) is 5.50. The average molecular weight is 242 g/mol. The number of nitrogens with one attached hydrogen (secondary N) is 1. The predicted octanol–water partition coefficient (Wildman–Crippen LogP) is 2.31. The van der Waals surface area contributed by atoms with Crippen LogP contribution < -0.4 is 5.73 Å². The van der Waals surface area contributed by atoms with Crippen LogP contribution in [-0.4, -0.2) is 31.8 Å². The van der Waals surface area contributed by atoms with E-state index in [2.05, 4.69) is 0 Å². The minimum atomic E-state index is -0.204. The van der Waals surface area contributed by atoms with Crippen molar-refractivity contribution >= 4 is 5.84 Å². The van der Waals surface area contributed by atoms with Crippen LogP contribution in [0, 0.1) is 10.8 Å². The summed E-state index contributed by atoms with van der Waals surface area (Å²) in [4.78, 5) is 0. The molecule has 0 saturated carbocycles. The van der Waals surface area contributed by atoms with Crippen molar-refractivity contribution in [2.75, 3.05) is 19.8 Å². The van der Waals surface area contributed by atoms with E-state index in [0.717, 1.165) is 32.5 Å². The molecular weight excluding hydrogens is 216 g/mol. The normalized spacial score (nSPS) is 21.4. The van der Waals surface area contributed by atoms with Gasteiger partial charge in [-0.3, -0.25) is 5.41 Å². The number of nitrogens with two attached hydrogens (primary N) is 1. The van der Waals surface area contributed by atoms with Crippen LogP contribution in [-0.2, 0) is 9.47 Å². The first kappa shape index (κ1) is 14.5. The molecule has 1 aliphatic heterocycles. The molecule has 17 heavy (non-hydrogen) atoms. The Hall–Kier alpha value is -0.610. The molecule has 100 valence electrons. The molecule has 1 heterocycles. The number of rotatable bonds is 7. The average Bonchev–Trinajstić information content (AvgIpc) is 2.29. The second-order valence-electron chi connectivity index (χ2n) is 5.46. The summed E-state index contributed by atoms with van der Waals surface area (Å²) in [5.41, 5.74) is 5.32. The molecule has 1 aliphatic rings. The molecule has 1 atom stereocenters. The first-order valence-electron chi connectivity index (χ1n) is 6.56. The summed E-state index contributed by atoms with van der Waals surface area (Å²) >= 11 is 0. The second kappa shape index (κ2) is 6.97. The molecule has 1 fully saturated rings. The largest absolute Gasteiger partial charge is 0.387 e. The third-order valence-corrected chi connectivity index (χ3v) is 3.40. The van der Waals surface area contributed by atoms with Crippen molar-refractivity contribution in [3.63, 3.8) is 0 Å². The molecule has 0 radical (unpaired) electrons. The quantitative estimate of drug-likeness (QED) is 0.409. The highest BCUT2D eigenvalue weighted by molar-refractivity contribution is 5.82. The van der Waals surface area contributed by atoms with Gasteiger partial charge >= 0.3 is 0 Å². The fraction of sp³-hybridized carbons (Fsp3) is 0.923. The van der Waals surface area contributed by atoms with Gasteiger partial charge in [-0.05, 0) is 32.1 Å². The standard InChI is InChI=1S/C13H26N2O2/c1-13(2,12(14)15)7-5-8-16-10-11-6-3-4-9-17-11/h11H,3-10H2,1-2H3,(H3,14,15). The fourth-order valence-electron chi connectivity index (χ4n) is 1.90. The number of hydrogen-bond donors (Lipinski definition) is 2. The van der Waals surface area contributed by atoms with Gasteiger partial charge in [0, 0.05) is 18.6 Å². The van der Waals surface area contributed by atoms with Gasteiger partial charge in [-0.25, -0.2) is 0 Å². The maximum atomic E-state index is 7.45. The van der Waals surface area contributed by atoms with E-state index < -0.39 is 0 Å². The first-order chi connectivity index (χ1) is 8.02. The van der Waals surface area contributed by atoms with Crippen LogP contribution in [0.4, 0.5) is 0 Å². The number of hydrogen-bond acceptors (Lipinski definition) is 3. The molecule has 0 aliphatic carbocycles. The van der Waals surface area contributed by atoms with Crippen molar-refractivity contribution in [3.8, 4) is 0 Å². The van der Waals surface area contributed by atoms with Crippen LogP contribution >= 0.6 is 0 Å². The van der Waals surface area contributed by atoms with Crippen molar-refractivity contribution in [1.82, 2.24) is 0 Å². The van der Waals surface area contributed by atoms with E-state index in [1.54, 1.807) is 0 Å². The van der Waals surface area contributed by atoms with Crippen LogP contribution in [0.1, 0.15) is 46.0 Å². The fourth-order valence-corrected chi connectivity index (χ4v) is 1.90. The molecule has 0 aromatic rings. The van der Waals surface area contributed by atoms with Gasteiger partial charge in [-0.2, -0.15) is 0 Å². The molecule has 4 nitrogen and oxygen atoms in total. The lowest BCUT2D eigenvalue weighted by Gasteiger charge is -2.24. The molecule has 1 rings (SSSR count). The minimum Gasteiger partial charge on any atom is -0.387 e. The Labute approximate surface area is 104 Å². The highest BCUT2D eigenvalue weighted by Crippen LogP contribution is 2.21.